The number of hydrogen-bond acceptors (Lipinski definition) is 5. The van der Waals surface area contributed by atoms with Crippen LogP contribution < -0.4 is 5.32 Å². The number of hydrogen-bond donors (Lipinski definition) is 1. The number of amides is 1. The van der Waals surface area contributed by atoms with Crippen LogP contribution in [0.2, 0.25) is 5.02 Å². The van der Waals surface area contributed by atoms with Crippen molar-refractivity contribution in [3.05, 3.63) is 99.8 Å². The van der Waals surface area contributed by atoms with E-state index in [0.717, 1.165) is 36.3 Å². The van der Waals surface area contributed by atoms with Crippen molar-refractivity contribution in [1.82, 2.24) is 15.2 Å². The topological polar surface area (TPSA) is 78.2 Å². The van der Waals surface area contributed by atoms with Gasteiger partial charge >= 0.3 is 0 Å². The van der Waals surface area contributed by atoms with Crippen LogP contribution >= 0.6 is 11.6 Å². The Morgan fingerprint density at radius 2 is 1.91 bits per heavy atom. The number of carbonyl (C=O) groups excluding carboxylic acids is 1. The number of nitrogens with one attached hydrogen (secondary N) is 1. The summed E-state index contributed by atoms with van der Waals surface area (Å²) in [6.45, 7) is 2.03. The van der Waals surface area contributed by atoms with Crippen LogP contribution in [0.25, 0.3) is 0 Å². The molecular formula is C26H25ClN4O2. The summed E-state index contributed by atoms with van der Waals surface area (Å²) >= 11 is 6.13. The Morgan fingerprint density at radius 1 is 1.18 bits per heavy atom. The number of benzene rings is 2. The number of carbonyl (C=O) groups is 1. The lowest BCUT2D eigenvalue weighted by Crippen LogP contribution is -2.38. The summed E-state index contributed by atoms with van der Waals surface area (Å²) in [5, 5.41) is 12.8. The third-order valence-corrected chi connectivity index (χ3v) is 6.09. The molecule has 2 heterocycles. The van der Waals surface area contributed by atoms with Gasteiger partial charge in [-0.2, -0.15) is 5.26 Å². The van der Waals surface area contributed by atoms with Gasteiger partial charge in [0.2, 0.25) is 0 Å². The van der Waals surface area contributed by atoms with Gasteiger partial charge in [-0.1, -0.05) is 29.8 Å². The van der Waals surface area contributed by atoms with E-state index in [9.17, 15) is 4.79 Å². The van der Waals surface area contributed by atoms with Crippen LogP contribution in [0.3, 0.4) is 0 Å². The normalized spacial score (nSPS) is 16.8. The smallest absolute Gasteiger partial charge is 0.251 e. The Kier molecular flexibility index (Phi) is 7.36. The van der Waals surface area contributed by atoms with Crippen LogP contribution in [0.1, 0.15) is 45.2 Å². The molecule has 3 aromatic rings. The molecule has 0 bridgehead atoms. The van der Waals surface area contributed by atoms with Crippen LogP contribution in [0.5, 0.6) is 0 Å². The molecule has 1 saturated heterocycles. The van der Waals surface area contributed by atoms with Gasteiger partial charge in [0, 0.05) is 43.0 Å². The van der Waals surface area contributed by atoms with E-state index in [1.165, 1.54) is 0 Å². The highest BCUT2D eigenvalue weighted by Gasteiger charge is 2.31. The van der Waals surface area contributed by atoms with E-state index in [1.807, 2.05) is 36.5 Å². The van der Waals surface area contributed by atoms with Gasteiger partial charge in [0.25, 0.3) is 5.91 Å². The second-order valence-corrected chi connectivity index (χ2v) is 8.55. The zero-order chi connectivity index (χ0) is 23.2. The van der Waals surface area contributed by atoms with Crippen molar-refractivity contribution < 1.29 is 9.53 Å². The molecule has 0 aliphatic carbocycles. The lowest BCUT2D eigenvalue weighted by molar-refractivity contribution is 0.0937. The van der Waals surface area contributed by atoms with Crippen LogP contribution in [0, 0.1) is 11.3 Å². The molecule has 168 valence electrons. The SMILES string of the molecule is COCc1ccc([C@@H](c2ccc(Cl)cc2)N2CCC(NC(=O)c3ccc(C#N)cc3)C2)cn1. The molecule has 0 saturated carbocycles. The van der Waals surface area contributed by atoms with E-state index < -0.39 is 0 Å². The fourth-order valence-corrected chi connectivity index (χ4v) is 4.32. The predicted octanol–water partition coefficient (Wildman–Crippen LogP) is 4.35. The van der Waals surface area contributed by atoms with E-state index in [2.05, 4.69) is 27.3 Å². The van der Waals surface area contributed by atoms with Gasteiger partial charge in [0.15, 0.2) is 0 Å². The van der Waals surface area contributed by atoms with Crippen LogP contribution in [-0.2, 0) is 11.3 Å². The second kappa shape index (κ2) is 10.6. The standard InChI is InChI=1S/C26H25ClN4O2/c1-33-17-24-11-8-21(15-29-24)25(19-6-9-22(27)10-7-19)31-13-12-23(16-31)30-26(32)20-4-2-18(14-28)3-5-20/h2-11,15,23,25H,12-13,16-17H2,1H3,(H,30,32)/t23?,25-/m1/s1. The van der Waals surface area contributed by atoms with E-state index in [1.54, 1.807) is 31.4 Å². The molecule has 1 aromatic heterocycles. The third-order valence-electron chi connectivity index (χ3n) is 5.84. The summed E-state index contributed by atoms with van der Waals surface area (Å²) in [5.41, 5.74) is 4.18. The summed E-state index contributed by atoms with van der Waals surface area (Å²) in [6, 6.07) is 20.7. The largest absolute Gasteiger partial charge is 0.378 e. The summed E-state index contributed by atoms with van der Waals surface area (Å²) in [5.74, 6) is -0.125. The minimum absolute atomic E-state index is 0.00294. The first-order valence-corrected chi connectivity index (χ1v) is 11.2. The first-order valence-electron chi connectivity index (χ1n) is 10.8. The molecule has 2 aromatic carbocycles. The first-order chi connectivity index (χ1) is 16.1. The average Bonchev–Trinajstić information content (AvgIpc) is 3.29. The molecule has 6 nitrogen and oxygen atoms in total. The Bertz CT molecular complexity index is 1120. The molecule has 33 heavy (non-hydrogen) atoms. The minimum Gasteiger partial charge on any atom is -0.378 e. The highest BCUT2D eigenvalue weighted by molar-refractivity contribution is 6.30. The van der Waals surface area contributed by atoms with Crippen LogP contribution in [-0.4, -0.2) is 42.0 Å². The number of rotatable bonds is 7. The molecule has 0 radical (unpaired) electrons. The zero-order valence-corrected chi connectivity index (χ0v) is 19.1. The Balaban J connectivity index is 1.51. The number of ether oxygens (including phenoxy) is 1. The molecule has 1 N–H and O–H groups in total. The number of methoxy groups -OCH3 is 1. The van der Waals surface area contributed by atoms with Crippen molar-refractivity contribution in [2.24, 2.45) is 0 Å². The maximum Gasteiger partial charge on any atom is 0.251 e. The van der Waals surface area contributed by atoms with Gasteiger partial charge in [0.05, 0.1) is 30.0 Å². The molecule has 1 aliphatic rings. The third kappa shape index (κ3) is 5.58. The number of aromatic nitrogens is 1. The van der Waals surface area contributed by atoms with Gasteiger partial charge < -0.3 is 10.1 Å². The lowest BCUT2D eigenvalue weighted by Gasteiger charge is -2.29. The van der Waals surface area contributed by atoms with Crippen LogP contribution in [0.4, 0.5) is 0 Å². The fraction of sp³-hybridized carbons (Fsp3) is 0.269. The molecule has 1 aliphatic heterocycles. The molecule has 4 rings (SSSR count). The fourth-order valence-electron chi connectivity index (χ4n) is 4.19. The second-order valence-electron chi connectivity index (χ2n) is 8.11. The summed E-state index contributed by atoms with van der Waals surface area (Å²) in [7, 11) is 1.66. The number of halogens is 1. The number of nitrogens with zero attached hydrogens (tertiary/aromatic N) is 3. The maximum atomic E-state index is 12.7. The number of nitriles is 1. The monoisotopic (exact) mass is 460 g/mol. The van der Waals surface area contributed by atoms with Crippen molar-refractivity contribution in [1.29, 1.82) is 5.26 Å². The lowest BCUT2D eigenvalue weighted by atomic mass is 9.98. The van der Waals surface area contributed by atoms with E-state index in [-0.39, 0.29) is 18.0 Å². The molecule has 1 fully saturated rings. The van der Waals surface area contributed by atoms with Gasteiger partial charge in [-0.25, -0.2) is 0 Å². The van der Waals surface area contributed by atoms with E-state index in [4.69, 9.17) is 21.6 Å². The molecule has 7 heteroatoms. The van der Waals surface area contributed by atoms with Gasteiger partial charge in [0.1, 0.15) is 0 Å². The Morgan fingerprint density at radius 3 is 2.55 bits per heavy atom. The Labute approximate surface area is 198 Å². The first kappa shape index (κ1) is 22.9. The molecule has 1 amide bonds. The van der Waals surface area contributed by atoms with Gasteiger partial charge in [-0.3, -0.25) is 14.7 Å². The molecular weight excluding hydrogens is 436 g/mol. The van der Waals surface area contributed by atoms with Crippen molar-refractivity contribution in [2.45, 2.75) is 25.1 Å². The van der Waals surface area contributed by atoms with Crippen molar-refractivity contribution in [2.75, 3.05) is 20.2 Å². The predicted molar refractivity (Wildman–Crippen MR) is 127 cm³/mol. The van der Waals surface area contributed by atoms with Crippen molar-refractivity contribution in [3.8, 4) is 6.07 Å². The zero-order valence-electron chi connectivity index (χ0n) is 18.4. The molecule has 0 spiro atoms. The van der Waals surface area contributed by atoms with E-state index in [0.29, 0.717) is 22.8 Å². The Hall–Kier alpha value is -3.24. The van der Waals surface area contributed by atoms with Crippen molar-refractivity contribution >= 4 is 17.5 Å². The number of pyridine rings is 1. The molecule has 2 atom stereocenters. The quantitative estimate of drug-likeness (QED) is 0.567. The highest BCUT2D eigenvalue weighted by Crippen LogP contribution is 2.32. The highest BCUT2D eigenvalue weighted by atomic mass is 35.5. The maximum absolute atomic E-state index is 12.7. The summed E-state index contributed by atoms with van der Waals surface area (Å²) < 4.78 is 5.18. The van der Waals surface area contributed by atoms with E-state index >= 15 is 0 Å². The average molecular weight is 461 g/mol. The summed E-state index contributed by atoms with van der Waals surface area (Å²) in [4.78, 5) is 19.6. The van der Waals surface area contributed by atoms with Crippen molar-refractivity contribution in [3.63, 3.8) is 0 Å². The van der Waals surface area contributed by atoms with Gasteiger partial charge in [-0.05, 0) is 60.0 Å². The molecule has 1 unspecified atom stereocenters. The minimum atomic E-state index is -0.125. The summed E-state index contributed by atoms with van der Waals surface area (Å²) in [6.07, 6.45) is 2.75. The van der Waals surface area contributed by atoms with Crippen LogP contribution in [0.15, 0.2) is 66.9 Å². The van der Waals surface area contributed by atoms with Gasteiger partial charge in [-0.15, -0.1) is 0 Å². The number of likely N-dealkylation sites (tertiary alicyclic amines) is 1.